The van der Waals surface area contributed by atoms with Crippen LogP contribution in [0.4, 0.5) is 16.1 Å². The van der Waals surface area contributed by atoms with Crippen LogP contribution in [0.2, 0.25) is 5.02 Å². The number of halogens is 2. The standard InChI is InChI=1S/C26H27ClFN5O3/c1-16-5-26(36-31-16)30-25-8-23(24(27)9-29-25)19-7-21-12-33(22(15-35-2)13-32(21)11-19)10-18-6-20(28)4-3-17(18)14-34/h3-9,11,22,34H,10,12-15H2,1-2H3,(H,29,30)/t22-/m1/s1. The number of nitrogens with zero attached hydrogens (tertiary/aromatic N) is 4. The number of anilines is 2. The highest BCUT2D eigenvalue weighted by molar-refractivity contribution is 6.33. The second kappa shape index (κ2) is 10.4. The molecule has 0 fully saturated rings. The van der Waals surface area contributed by atoms with E-state index in [2.05, 4.69) is 37.2 Å². The Balaban J connectivity index is 1.42. The molecule has 1 atom stereocenters. The van der Waals surface area contributed by atoms with Gasteiger partial charge in [0.25, 0.3) is 0 Å². The van der Waals surface area contributed by atoms with Crippen molar-refractivity contribution in [1.29, 1.82) is 0 Å². The average molecular weight is 512 g/mol. The molecule has 1 aliphatic rings. The van der Waals surface area contributed by atoms with Crippen molar-refractivity contribution in [2.75, 3.05) is 19.0 Å². The Hall–Kier alpha value is -3.24. The van der Waals surface area contributed by atoms with Crippen molar-refractivity contribution in [2.24, 2.45) is 0 Å². The summed E-state index contributed by atoms with van der Waals surface area (Å²) in [6.07, 6.45) is 3.69. The van der Waals surface area contributed by atoms with Crippen molar-refractivity contribution in [3.05, 3.63) is 82.1 Å². The molecule has 5 rings (SSSR count). The fourth-order valence-electron chi connectivity index (χ4n) is 4.61. The maximum Gasteiger partial charge on any atom is 0.230 e. The highest BCUT2D eigenvalue weighted by Gasteiger charge is 2.28. The highest BCUT2D eigenvalue weighted by Crippen LogP contribution is 2.34. The van der Waals surface area contributed by atoms with Gasteiger partial charge in [0.1, 0.15) is 11.6 Å². The number of aryl methyl sites for hydroxylation is 1. The zero-order valence-electron chi connectivity index (χ0n) is 20.0. The largest absolute Gasteiger partial charge is 0.392 e. The molecular formula is C26H27ClFN5O3. The van der Waals surface area contributed by atoms with Gasteiger partial charge in [-0.1, -0.05) is 22.8 Å². The molecule has 0 aliphatic carbocycles. The minimum absolute atomic E-state index is 0.0809. The average Bonchev–Trinajstić information content (AvgIpc) is 3.46. The maximum absolute atomic E-state index is 14.0. The van der Waals surface area contributed by atoms with Crippen LogP contribution in [-0.4, -0.2) is 44.5 Å². The molecule has 0 saturated heterocycles. The summed E-state index contributed by atoms with van der Waals surface area (Å²) in [5.41, 5.74) is 5.18. The lowest BCUT2D eigenvalue weighted by Gasteiger charge is -2.36. The minimum atomic E-state index is -0.314. The molecule has 4 heterocycles. The molecule has 4 aromatic rings. The second-order valence-corrected chi connectivity index (χ2v) is 9.37. The molecule has 0 spiro atoms. The first-order valence-electron chi connectivity index (χ1n) is 11.6. The Kier molecular flexibility index (Phi) is 7.06. The van der Waals surface area contributed by atoms with Crippen LogP contribution in [-0.2, 0) is 31.0 Å². The molecule has 1 aliphatic heterocycles. The Morgan fingerprint density at radius 1 is 1.25 bits per heavy atom. The van der Waals surface area contributed by atoms with Crippen molar-refractivity contribution in [3.63, 3.8) is 0 Å². The number of ether oxygens (including phenoxy) is 1. The monoisotopic (exact) mass is 511 g/mol. The first-order chi connectivity index (χ1) is 17.4. The number of rotatable bonds is 8. The third kappa shape index (κ3) is 5.15. The van der Waals surface area contributed by atoms with E-state index in [1.165, 1.54) is 12.1 Å². The van der Waals surface area contributed by atoms with Crippen LogP contribution in [0.5, 0.6) is 0 Å². The Bertz CT molecular complexity index is 1370. The van der Waals surface area contributed by atoms with Crippen LogP contribution in [0.1, 0.15) is 22.5 Å². The van der Waals surface area contributed by atoms with Crippen molar-refractivity contribution in [2.45, 2.75) is 39.2 Å². The summed E-state index contributed by atoms with van der Waals surface area (Å²) in [5.74, 6) is 0.781. The fraction of sp³-hybridized carbons (Fsp3) is 0.308. The summed E-state index contributed by atoms with van der Waals surface area (Å²) in [6.45, 7) is 4.09. The van der Waals surface area contributed by atoms with Gasteiger partial charge in [0, 0.05) is 62.0 Å². The Labute approximate surface area is 213 Å². The van der Waals surface area contributed by atoms with Gasteiger partial charge in [-0.05, 0) is 42.3 Å². The van der Waals surface area contributed by atoms with Gasteiger partial charge in [-0.3, -0.25) is 4.90 Å². The molecule has 0 radical (unpaired) electrons. The number of methoxy groups -OCH3 is 1. The Morgan fingerprint density at radius 3 is 2.86 bits per heavy atom. The molecule has 2 N–H and O–H groups in total. The number of aromatic nitrogens is 3. The number of nitrogens with one attached hydrogen (secondary N) is 1. The molecule has 10 heteroatoms. The Morgan fingerprint density at radius 2 is 2.11 bits per heavy atom. The molecule has 0 saturated carbocycles. The van der Waals surface area contributed by atoms with Crippen LogP contribution in [0, 0.1) is 12.7 Å². The second-order valence-electron chi connectivity index (χ2n) is 8.96. The molecule has 0 amide bonds. The lowest BCUT2D eigenvalue weighted by Crippen LogP contribution is -2.44. The van der Waals surface area contributed by atoms with Gasteiger partial charge in [-0.15, -0.1) is 0 Å². The topological polar surface area (TPSA) is 88.6 Å². The molecule has 8 nitrogen and oxygen atoms in total. The van der Waals surface area contributed by atoms with Crippen molar-refractivity contribution in [3.8, 4) is 11.1 Å². The number of benzene rings is 1. The van der Waals surface area contributed by atoms with E-state index >= 15 is 0 Å². The zero-order chi connectivity index (χ0) is 25.2. The zero-order valence-corrected chi connectivity index (χ0v) is 20.8. The number of hydrogen-bond donors (Lipinski definition) is 2. The predicted octanol–water partition coefficient (Wildman–Crippen LogP) is 4.91. The van der Waals surface area contributed by atoms with Gasteiger partial charge in [-0.25, -0.2) is 9.37 Å². The van der Waals surface area contributed by atoms with Crippen LogP contribution >= 0.6 is 11.6 Å². The number of fused-ring (bicyclic) bond motifs is 1. The van der Waals surface area contributed by atoms with Gasteiger partial charge in [0.2, 0.25) is 5.88 Å². The number of pyridine rings is 1. The van der Waals surface area contributed by atoms with Crippen molar-refractivity contribution in [1.82, 2.24) is 19.6 Å². The number of hydrogen-bond acceptors (Lipinski definition) is 7. The van der Waals surface area contributed by atoms with E-state index in [0.717, 1.165) is 33.6 Å². The van der Waals surface area contributed by atoms with Gasteiger partial charge in [-0.2, -0.15) is 0 Å². The summed E-state index contributed by atoms with van der Waals surface area (Å²) in [5, 5.41) is 17.3. The lowest BCUT2D eigenvalue weighted by molar-refractivity contribution is 0.0536. The molecular weight excluding hydrogens is 485 g/mol. The van der Waals surface area contributed by atoms with E-state index < -0.39 is 0 Å². The first kappa shape index (κ1) is 24.5. The van der Waals surface area contributed by atoms with Gasteiger partial charge >= 0.3 is 0 Å². The number of aliphatic hydroxyl groups is 1. The van der Waals surface area contributed by atoms with E-state index in [0.29, 0.717) is 43.0 Å². The van der Waals surface area contributed by atoms with E-state index in [1.807, 2.05) is 13.0 Å². The quantitative estimate of drug-likeness (QED) is 0.347. The van der Waals surface area contributed by atoms with E-state index in [9.17, 15) is 9.50 Å². The van der Waals surface area contributed by atoms with E-state index in [-0.39, 0.29) is 18.5 Å². The van der Waals surface area contributed by atoms with Crippen molar-refractivity contribution < 1.29 is 18.8 Å². The smallest absolute Gasteiger partial charge is 0.230 e. The molecule has 1 aromatic carbocycles. The fourth-order valence-corrected chi connectivity index (χ4v) is 4.82. The van der Waals surface area contributed by atoms with E-state index in [4.69, 9.17) is 20.9 Å². The number of aliphatic hydroxyl groups excluding tert-OH is 1. The molecule has 0 unspecified atom stereocenters. The predicted molar refractivity (Wildman–Crippen MR) is 134 cm³/mol. The van der Waals surface area contributed by atoms with Crippen molar-refractivity contribution >= 4 is 23.3 Å². The maximum atomic E-state index is 14.0. The normalized spacial score (nSPS) is 15.8. The SMILES string of the molecule is COC[C@H]1Cn2cc(-c3cc(Nc4cc(C)no4)ncc3Cl)cc2CN1Cc1cc(F)ccc1CO. The van der Waals surface area contributed by atoms with Crippen LogP contribution in [0.25, 0.3) is 11.1 Å². The third-order valence-corrected chi connectivity index (χ3v) is 6.69. The first-order valence-corrected chi connectivity index (χ1v) is 12.0. The summed E-state index contributed by atoms with van der Waals surface area (Å²) in [7, 11) is 1.68. The minimum Gasteiger partial charge on any atom is -0.392 e. The van der Waals surface area contributed by atoms with Crippen LogP contribution in [0.3, 0.4) is 0 Å². The molecule has 36 heavy (non-hydrogen) atoms. The van der Waals surface area contributed by atoms with Gasteiger partial charge in [0.05, 0.1) is 30.0 Å². The summed E-state index contributed by atoms with van der Waals surface area (Å²) >= 11 is 6.54. The third-order valence-electron chi connectivity index (χ3n) is 6.39. The molecule has 0 bridgehead atoms. The summed E-state index contributed by atoms with van der Waals surface area (Å²) in [4.78, 5) is 6.61. The molecule has 188 valence electrons. The summed E-state index contributed by atoms with van der Waals surface area (Å²) in [6, 6.07) is 10.4. The van der Waals surface area contributed by atoms with Gasteiger partial charge in [0.15, 0.2) is 0 Å². The lowest BCUT2D eigenvalue weighted by atomic mass is 10.0. The molecule has 3 aromatic heterocycles. The van der Waals surface area contributed by atoms with Crippen LogP contribution < -0.4 is 5.32 Å². The van der Waals surface area contributed by atoms with Crippen LogP contribution in [0.15, 0.2) is 53.3 Å². The highest BCUT2D eigenvalue weighted by atomic mass is 35.5. The summed E-state index contributed by atoms with van der Waals surface area (Å²) < 4.78 is 26.9. The van der Waals surface area contributed by atoms with Gasteiger partial charge < -0.3 is 24.3 Å². The van der Waals surface area contributed by atoms with E-state index in [1.54, 1.807) is 25.4 Å².